The van der Waals surface area contributed by atoms with Gasteiger partial charge in [0.1, 0.15) is 10.8 Å². The molecular formula is C18H18N2O2S. The summed E-state index contributed by atoms with van der Waals surface area (Å²) in [6.07, 6.45) is 0.302. The molecule has 3 aromatic rings. The van der Waals surface area contributed by atoms with Crippen LogP contribution in [0, 0.1) is 0 Å². The van der Waals surface area contributed by atoms with E-state index >= 15 is 0 Å². The summed E-state index contributed by atoms with van der Waals surface area (Å²) in [6, 6.07) is 15.7. The predicted octanol–water partition coefficient (Wildman–Crippen LogP) is 3.55. The summed E-state index contributed by atoms with van der Waals surface area (Å²) in [7, 11) is 0. The molecule has 1 amide bonds. The molecule has 1 N–H and O–H groups in total. The van der Waals surface area contributed by atoms with Crippen LogP contribution in [0.4, 0.5) is 0 Å². The third-order valence-corrected chi connectivity index (χ3v) is 4.38. The quantitative estimate of drug-likeness (QED) is 0.753. The third-order valence-electron chi connectivity index (χ3n) is 3.36. The Bertz CT molecular complexity index is 799. The highest BCUT2D eigenvalue weighted by Crippen LogP contribution is 2.26. The van der Waals surface area contributed by atoms with Gasteiger partial charge in [-0.05, 0) is 30.7 Å². The second-order valence-electron chi connectivity index (χ2n) is 5.11. The van der Waals surface area contributed by atoms with E-state index in [1.807, 2.05) is 55.5 Å². The van der Waals surface area contributed by atoms with E-state index in [2.05, 4.69) is 10.3 Å². The van der Waals surface area contributed by atoms with Crippen LogP contribution in [0.15, 0.2) is 48.5 Å². The summed E-state index contributed by atoms with van der Waals surface area (Å²) in [6.45, 7) is 3.14. The van der Waals surface area contributed by atoms with Gasteiger partial charge < -0.3 is 10.1 Å². The van der Waals surface area contributed by atoms with Crippen molar-refractivity contribution in [2.24, 2.45) is 0 Å². The van der Waals surface area contributed by atoms with Gasteiger partial charge in [-0.2, -0.15) is 0 Å². The molecule has 0 saturated heterocycles. The summed E-state index contributed by atoms with van der Waals surface area (Å²) in [5.74, 6) is 0.821. The van der Waals surface area contributed by atoms with Gasteiger partial charge in [0.15, 0.2) is 0 Å². The largest absolute Gasteiger partial charge is 0.494 e. The fraction of sp³-hybridized carbons (Fsp3) is 0.222. The Kier molecular flexibility index (Phi) is 4.88. The van der Waals surface area contributed by atoms with E-state index in [9.17, 15) is 4.79 Å². The molecule has 0 fully saturated rings. The van der Waals surface area contributed by atoms with Crippen molar-refractivity contribution in [2.45, 2.75) is 19.9 Å². The number of carbonyl (C=O) groups excluding carboxylic acids is 1. The minimum absolute atomic E-state index is 0.0158. The van der Waals surface area contributed by atoms with Crippen molar-refractivity contribution in [3.8, 4) is 5.75 Å². The summed E-state index contributed by atoms with van der Waals surface area (Å²) >= 11 is 1.54. The van der Waals surface area contributed by atoms with Gasteiger partial charge in [0, 0.05) is 6.54 Å². The van der Waals surface area contributed by atoms with Crippen LogP contribution in [0.1, 0.15) is 17.5 Å². The van der Waals surface area contributed by atoms with E-state index in [1.165, 1.54) is 11.3 Å². The summed E-state index contributed by atoms with van der Waals surface area (Å²) in [5, 5.41) is 3.75. The Hall–Kier alpha value is -2.40. The maximum Gasteiger partial charge on any atom is 0.227 e. The molecule has 5 heteroatoms. The zero-order valence-corrected chi connectivity index (χ0v) is 13.7. The highest BCUT2D eigenvalue weighted by molar-refractivity contribution is 7.18. The molecule has 0 spiro atoms. The first-order valence-electron chi connectivity index (χ1n) is 7.57. The lowest BCUT2D eigenvalue weighted by Gasteiger charge is -2.03. The molecule has 0 aliphatic carbocycles. The van der Waals surface area contributed by atoms with Crippen molar-refractivity contribution in [3.05, 3.63) is 59.1 Å². The lowest BCUT2D eigenvalue weighted by Crippen LogP contribution is -2.24. The number of benzene rings is 2. The Morgan fingerprint density at radius 3 is 2.83 bits per heavy atom. The molecular weight excluding hydrogens is 308 g/mol. The van der Waals surface area contributed by atoms with Crippen LogP contribution in [0.2, 0.25) is 0 Å². The van der Waals surface area contributed by atoms with Crippen molar-refractivity contribution in [2.75, 3.05) is 6.61 Å². The van der Waals surface area contributed by atoms with Crippen molar-refractivity contribution in [1.82, 2.24) is 10.3 Å². The summed E-state index contributed by atoms with van der Waals surface area (Å²) < 4.78 is 6.53. The number of thiazole rings is 1. The topological polar surface area (TPSA) is 51.2 Å². The number of rotatable bonds is 6. The molecule has 0 atom stereocenters. The highest BCUT2D eigenvalue weighted by Gasteiger charge is 2.09. The van der Waals surface area contributed by atoms with Crippen molar-refractivity contribution >= 4 is 27.5 Å². The maximum atomic E-state index is 12.1. The number of nitrogens with zero attached hydrogens (tertiary/aromatic N) is 1. The minimum atomic E-state index is -0.0158. The molecule has 3 rings (SSSR count). The van der Waals surface area contributed by atoms with Gasteiger partial charge in [0.2, 0.25) is 5.91 Å². The van der Waals surface area contributed by atoms with Crippen molar-refractivity contribution in [3.63, 3.8) is 0 Å². The lowest BCUT2D eigenvalue weighted by molar-refractivity contribution is -0.120. The summed E-state index contributed by atoms with van der Waals surface area (Å²) in [5.41, 5.74) is 2.00. The number of hydrogen-bond donors (Lipinski definition) is 1. The Balaban J connectivity index is 1.63. The van der Waals surface area contributed by atoms with Gasteiger partial charge >= 0.3 is 0 Å². The fourth-order valence-corrected chi connectivity index (χ4v) is 3.28. The van der Waals surface area contributed by atoms with Crippen molar-refractivity contribution in [1.29, 1.82) is 0 Å². The molecule has 23 heavy (non-hydrogen) atoms. The second-order valence-corrected chi connectivity index (χ2v) is 6.22. The van der Waals surface area contributed by atoms with Crippen LogP contribution in [-0.4, -0.2) is 17.5 Å². The molecule has 0 aliphatic rings. The summed E-state index contributed by atoms with van der Waals surface area (Å²) in [4.78, 5) is 16.6. The van der Waals surface area contributed by atoms with Gasteiger partial charge in [-0.1, -0.05) is 30.3 Å². The molecule has 118 valence electrons. The molecule has 0 saturated carbocycles. The number of ether oxygens (including phenoxy) is 1. The zero-order valence-electron chi connectivity index (χ0n) is 12.9. The fourth-order valence-electron chi connectivity index (χ4n) is 2.28. The number of amides is 1. The average Bonchev–Trinajstić information content (AvgIpc) is 2.95. The SMILES string of the molecule is CCOc1ccc2nc(CC(=O)NCc3ccccc3)sc2c1. The Morgan fingerprint density at radius 2 is 2.04 bits per heavy atom. The standard InChI is InChI=1S/C18H18N2O2S/c1-2-22-14-8-9-15-16(10-14)23-18(20-15)11-17(21)19-12-13-6-4-3-5-7-13/h3-10H,2,11-12H2,1H3,(H,19,21). The van der Waals surface area contributed by atoms with Crippen LogP contribution in [-0.2, 0) is 17.8 Å². The Labute approximate surface area is 139 Å². The van der Waals surface area contributed by atoms with E-state index in [-0.39, 0.29) is 5.91 Å². The molecule has 4 nitrogen and oxygen atoms in total. The van der Waals surface area contributed by atoms with E-state index in [0.29, 0.717) is 19.6 Å². The number of nitrogens with one attached hydrogen (secondary N) is 1. The van der Waals surface area contributed by atoms with Gasteiger partial charge in [-0.3, -0.25) is 4.79 Å². The smallest absolute Gasteiger partial charge is 0.227 e. The first-order valence-corrected chi connectivity index (χ1v) is 8.39. The van der Waals surface area contributed by atoms with Crippen LogP contribution < -0.4 is 10.1 Å². The van der Waals surface area contributed by atoms with E-state index in [4.69, 9.17) is 4.74 Å². The first-order chi connectivity index (χ1) is 11.2. The van der Waals surface area contributed by atoms with E-state index < -0.39 is 0 Å². The second kappa shape index (κ2) is 7.24. The first kappa shape index (κ1) is 15.5. The minimum Gasteiger partial charge on any atom is -0.494 e. The van der Waals surface area contributed by atoms with Crippen LogP contribution in [0.25, 0.3) is 10.2 Å². The normalized spacial score (nSPS) is 10.7. The van der Waals surface area contributed by atoms with Gasteiger partial charge in [0.05, 0.1) is 23.2 Å². The third kappa shape index (κ3) is 4.07. The zero-order chi connectivity index (χ0) is 16.1. The van der Waals surface area contributed by atoms with E-state index in [1.54, 1.807) is 0 Å². The molecule has 1 heterocycles. The predicted molar refractivity (Wildman–Crippen MR) is 92.8 cm³/mol. The van der Waals surface area contributed by atoms with Gasteiger partial charge in [0.25, 0.3) is 0 Å². The molecule has 1 aromatic heterocycles. The molecule has 0 radical (unpaired) electrons. The van der Waals surface area contributed by atoms with Crippen molar-refractivity contribution < 1.29 is 9.53 Å². The number of hydrogen-bond acceptors (Lipinski definition) is 4. The lowest BCUT2D eigenvalue weighted by atomic mass is 10.2. The number of fused-ring (bicyclic) bond motifs is 1. The number of carbonyl (C=O) groups is 1. The monoisotopic (exact) mass is 326 g/mol. The maximum absolute atomic E-state index is 12.1. The molecule has 0 unspecified atom stereocenters. The van der Waals surface area contributed by atoms with Gasteiger partial charge in [-0.25, -0.2) is 4.98 Å². The molecule has 0 aliphatic heterocycles. The van der Waals surface area contributed by atoms with Crippen LogP contribution in [0.5, 0.6) is 5.75 Å². The molecule has 2 aromatic carbocycles. The van der Waals surface area contributed by atoms with Crippen LogP contribution in [0.3, 0.4) is 0 Å². The van der Waals surface area contributed by atoms with E-state index in [0.717, 1.165) is 26.5 Å². The Morgan fingerprint density at radius 1 is 1.22 bits per heavy atom. The molecule has 0 bridgehead atoms. The van der Waals surface area contributed by atoms with Crippen LogP contribution >= 0.6 is 11.3 Å². The van der Waals surface area contributed by atoms with Gasteiger partial charge in [-0.15, -0.1) is 11.3 Å². The average molecular weight is 326 g/mol. The highest BCUT2D eigenvalue weighted by atomic mass is 32.1. The number of aromatic nitrogens is 1.